The van der Waals surface area contributed by atoms with Crippen LogP contribution >= 0.6 is 0 Å². The van der Waals surface area contributed by atoms with Gasteiger partial charge >= 0.3 is 0 Å². The van der Waals surface area contributed by atoms with Crippen LogP contribution in [0.25, 0.3) is 11.1 Å². The van der Waals surface area contributed by atoms with E-state index in [-0.39, 0.29) is 11.8 Å². The quantitative estimate of drug-likeness (QED) is 0.821. The maximum Gasteiger partial charge on any atom is 0.253 e. The normalized spacial score (nSPS) is 14.4. The fourth-order valence-electron chi connectivity index (χ4n) is 3.49. The van der Waals surface area contributed by atoms with E-state index < -0.39 is 0 Å². The Labute approximate surface area is 166 Å². The number of nitrogens with zero attached hydrogens (tertiary/aromatic N) is 3. The molecule has 0 bridgehead atoms. The van der Waals surface area contributed by atoms with Gasteiger partial charge in [0.25, 0.3) is 5.91 Å². The molecule has 0 N–H and O–H groups in total. The molecular formula is C23H25N3O2. The highest BCUT2D eigenvalue weighted by Gasteiger charge is 2.25. The Morgan fingerprint density at radius 2 is 1.54 bits per heavy atom. The van der Waals surface area contributed by atoms with Crippen LogP contribution in [0.5, 0.6) is 0 Å². The Hall–Kier alpha value is -3.13. The molecule has 28 heavy (non-hydrogen) atoms. The molecule has 1 heterocycles. The van der Waals surface area contributed by atoms with Crippen molar-refractivity contribution in [3.05, 3.63) is 59.7 Å². The molecule has 0 spiro atoms. The molecule has 0 saturated carbocycles. The van der Waals surface area contributed by atoms with Crippen molar-refractivity contribution >= 4 is 11.8 Å². The van der Waals surface area contributed by atoms with Crippen LogP contribution in [0.4, 0.5) is 0 Å². The summed E-state index contributed by atoms with van der Waals surface area (Å²) in [5, 5.41) is 8.89. The number of benzene rings is 2. The first-order chi connectivity index (χ1) is 13.5. The Morgan fingerprint density at radius 3 is 2.04 bits per heavy atom. The van der Waals surface area contributed by atoms with Crippen molar-refractivity contribution in [1.29, 1.82) is 5.26 Å². The van der Waals surface area contributed by atoms with Gasteiger partial charge in [0.05, 0.1) is 11.6 Å². The molecule has 0 aliphatic carbocycles. The highest BCUT2D eigenvalue weighted by atomic mass is 16.2. The summed E-state index contributed by atoms with van der Waals surface area (Å²) in [6.45, 7) is 1.39. The van der Waals surface area contributed by atoms with Crippen molar-refractivity contribution < 1.29 is 9.59 Å². The van der Waals surface area contributed by atoms with E-state index in [0.29, 0.717) is 36.6 Å². The maximum absolute atomic E-state index is 12.8. The van der Waals surface area contributed by atoms with Gasteiger partial charge in [0.1, 0.15) is 0 Å². The highest BCUT2D eigenvalue weighted by Crippen LogP contribution is 2.24. The van der Waals surface area contributed by atoms with Gasteiger partial charge in [0, 0.05) is 39.2 Å². The van der Waals surface area contributed by atoms with Gasteiger partial charge < -0.3 is 9.80 Å². The van der Waals surface area contributed by atoms with Crippen LogP contribution in [-0.2, 0) is 4.79 Å². The number of amides is 2. The first-order valence-electron chi connectivity index (χ1n) is 9.58. The number of carbonyl (C=O) groups is 2. The lowest BCUT2D eigenvalue weighted by Crippen LogP contribution is -2.39. The lowest BCUT2D eigenvalue weighted by molar-refractivity contribution is -0.129. The summed E-state index contributed by atoms with van der Waals surface area (Å²) in [6, 6.07) is 17.1. The van der Waals surface area contributed by atoms with Crippen LogP contribution in [0.1, 0.15) is 35.2 Å². The van der Waals surface area contributed by atoms with Crippen molar-refractivity contribution in [3.63, 3.8) is 0 Å². The Morgan fingerprint density at radius 1 is 1.00 bits per heavy atom. The van der Waals surface area contributed by atoms with E-state index in [1.54, 1.807) is 31.1 Å². The number of rotatable bonds is 4. The largest absolute Gasteiger partial charge is 0.349 e. The standard InChI is InChI=1S/C23H25N3O2/c1-25(2)22(27)15-17-11-13-26(14-12-17)23(28)21-9-7-20(8-10-21)19-5-3-18(16-24)4-6-19/h3-10,17H,11-15H2,1-2H3. The van der Waals surface area contributed by atoms with Gasteiger partial charge in [-0.05, 0) is 54.2 Å². The summed E-state index contributed by atoms with van der Waals surface area (Å²) in [6.07, 6.45) is 2.30. The molecule has 0 aromatic heterocycles. The van der Waals surface area contributed by atoms with Crippen molar-refractivity contribution in [2.45, 2.75) is 19.3 Å². The fourth-order valence-corrected chi connectivity index (χ4v) is 3.49. The number of hydrogen-bond donors (Lipinski definition) is 0. The number of hydrogen-bond acceptors (Lipinski definition) is 3. The number of likely N-dealkylation sites (tertiary alicyclic amines) is 1. The van der Waals surface area contributed by atoms with E-state index >= 15 is 0 Å². The Bertz CT molecular complexity index is 872. The van der Waals surface area contributed by atoms with Gasteiger partial charge in [-0.1, -0.05) is 24.3 Å². The molecule has 1 saturated heterocycles. The van der Waals surface area contributed by atoms with Crippen molar-refractivity contribution in [2.24, 2.45) is 5.92 Å². The van der Waals surface area contributed by atoms with Crippen LogP contribution < -0.4 is 0 Å². The van der Waals surface area contributed by atoms with E-state index in [1.165, 1.54) is 0 Å². The second-order valence-electron chi connectivity index (χ2n) is 7.49. The average molecular weight is 375 g/mol. The van der Waals surface area contributed by atoms with Crippen molar-refractivity contribution in [2.75, 3.05) is 27.2 Å². The van der Waals surface area contributed by atoms with Gasteiger partial charge in [-0.15, -0.1) is 0 Å². The lowest BCUT2D eigenvalue weighted by atomic mass is 9.92. The maximum atomic E-state index is 12.8. The summed E-state index contributed by atoms with van der Waals surface area (Å²) in [5.74, 6) is 0.560. The molecule has 0 radical (unpaired) electrons. The molecule has 3 rings (SSSR count). The molecule has 0 atom stereocenters. The summed E-state index contributed by atoms with van der Waals surface area (Å²) in [5.41, 5.74) is 3.35. The van der Waals surface area contributed by atoms with Crippen LogP contribution in [0.2, 0.25) is 0 Å². The third kappa shape index (κ3) is 4.58. The molecule has 1 fully saturated rings. The van der Waals surface area contributed by atoms with Gasteiger partial charge in [-0.25, -0.2) is 0 Å². The van der Waals surface area contributed by atoms with E-state index in [4.69, 9.17) is 5.26 Å². The van der Waals surface area contributed by atoms with Gasteiger partial charge in [0.2, 0.25) is 5.91 Å². The first kappa shape index (κ1) is 19.6. The zero-order valence-electron chi connectivity index (χ0n) is 16.4. The summed E-state index contributed by atoms with van der Waals surface area (Å²) >= 11 is 0. The molecule has 0 unspecified atom stereocenters. The molecule has 2 aromatic rings. The molecule has 2 aromatic carbocycles. The SMILES string of the molecule is CN(C)C(=O)CC1CCN(C(=O)c2ccc(-c3ccc(C#N)cc3)cc2)CC1. The Kier molecular flexibility index (Phi) is 6.10. The minimum Gasteiger partial charge on any atom is -0.349 e. The first-order valence-corrected chi connectivity index (χ1v) is 9.58. The van der Waals surface area contributed by atoms with Crippen LogP contribution in [0, 0.1) is 17.2 Å². The monoisotopic (exact) mass is 375 g/mol. The molecule has 1 aliphatic rings. The topological polar surface area (TPSA) is 64.4 Å². The zero-order valence-corrected chi connectivity index (χ0v) is 16.4. The molecule has 1 aliphatic heterocycles. The molecule has 5 nitrogen and oxygen atoms in total. The third-order valence-corrected chi connectivity index (χ3v) is 5.34. The fraction of sp³-hybridized carbons (Fsp3) is 0.348. The van der Waals surface area contributed by atoms with Crippen LogP contribution in [0.15, 0.2) is 48.5 Å². The predicted octanol–water partition coefficient (Wildman–Crippen LogP) is 3.56. The summed E-state index contributed by atoms with van der Waals surface area (Å²) in [7, 11) is 3.56. The lowest BCUT2D eigenvalue weighted by Gasteiger charge is -2.32. The van der Waals surface area contributed by atoms with Crippen LogP contribution in [-0.4, -0.2) is 48.8 Å². The summed E-state index contributed by atoms with van der Waals surface area (Å²) in [4.78, 5) is 28.2. The van der Waals surface area contributed by atoms with E-state index in [0.717, 1.165) is 24.0 Å². The second-order valence-corrected chi connectivity index (χ2v) is 7.49. The third-order valence-electron chi connectivity index (χ3n) is 5.34. The number of nitriles is 1. The Balaban J connectivity index is 1.59. The molecule has 2 amide bonds. The van der Waals surface area contributed by atoms with Gasteiger partial charge in [0.15, 0.2) is 0 Å². The molecule has 5 heteroatoms. The molecule has 144 valence electrons. The van der Waals surface area contributed by atoms with Crippen molar-refractivity contribution in [1.82, 2.24) is 9.80 Å². The molecular weight excluding hydrogens is 350 g/mol. The number of piperidine rings is 1. The van der Waals surface area contributed by atoms with E-state index in [9.17, 15) is 9.59 Å². The summed E-state index contributed by atoms with van der Waals surface area (Å²) < 4.78 is 0. The van der Waals surface area contributed by atoms with Crippen molar-refractivity contribution in [3.8, 4) is 17.2 Å². The van der Waals surface area contributed by atoms with E-state index in [2.05, 4.69) is 6.07 Å². The minimum atomic E-state index is 0.0452. The zero-order chi connectivity index (χ0) is 20.1. The smallest absolute Gasteiger partial charge is 0.253 e. The van der Waals surface area contributed by atoms with Gasteiger partial charge in [-0.2, -0.15) is 5.26 Å². The second kappa shape index (κ2) is 8.71. The van der Waals surface area contributed by atoms with E-state index in [1.807, 2.05) is 41.3 Å². The van der Waals surface area contributed by atoms with Crippen LogP contribution in [0.3, 0.4) is 0 Å². The number of carbonyl (C=O) groups excluding carboxylic acids is 2. The van der Waals surface area contributed by atoms with Gasteiger partial charge in [-0.3, -0.25) is 9.59 Å². The predicted molar refractivity (Wildman–Crippen MR) is 109 cm³/mol. The highest BCUT2D eigenvalue weighted by molar-refractivity contribution is 5.94. The average Bonchev–Trinajstić information content (AvgIpc) is 2.74. The minimum absolute atomic E-state index is 0.0452.